The molecule has 6 heteroatoms. The van der Waals surface area contributed by atoms with Crippen LogP contribution in [0.4, 0.5) is 5.69 Å². The summed E-state index contributed by atoms with van der Waals surface area (Å²) < 4.78 is 1.35. The van der Waals surface area contributed by atoms with Gasteiger partial charge in [0.05, 0.1) is 11.7 Å². The molecule has 0 aliphatic rings. The largest absolute Gasteiger partial charge is 0.325 e. The monoisotopic (exact) mass is 417 g/mol. The number of anilines is 1. The molecule has 4 aromatic rings. The molecule has 1 N–H and O–H groups in total. The van der Waals surface area contributed by atoms with Crippen molar-refractivity contribution in [3.05, 3.63) is 82.9 Å². The lowest BCUT2D eigenvalue weighted by atomic mass is 9.87. The average Bonchev–Trinajstić information content (AvgIpc) is 3.16. The van der Waals surface area contributed by atoms with Gasteiger partial charge in [-0.05, 0) is 34.7 Å². The van der Waals surface area contributed by atoms with Gasteiger partial charge in [0.15, 0.2) is 0 Å². The third-order valence-electron chi connectivity index (χ3n) is 4.93. The number of carbonyl (C=O) groups is 1. The molecular formula is C24H23N3O2S. The van der Waals surface area contributed by atoms with Gasteiger partial charge in [0.25, 0.3) is 5.56 Å². The molecule has 0 bridgehead atoms. The fourth-order valence-electron chi connectivity index (χ4n) is 3.23. The molecule has 4 rings (SSSR count). The Kier molecular flexibility index (Phi) is 5.26. The van der Waals surface area contributed by atoms with Crippen LogP contribution in [0.3, 0.4) is 0 Å². The molecule has 152 valence electrons. The second-order valence-electron chi connectivity index (χ2n) is 8.25. The number of amides is 1. The van der Waals surface area contributed by atoms with E-state index in [1.807, 2.05) is 60.7 Å². The zero-order chi connectivity index (χ0) is 21.3. The zero-order valence-electron chi connectivity index (χ0n) is 17.2. The Hall–Kier alpha value is -3.25. The SMILES string of the molecule is CC(C)(C)c1ccc(NC(=O)Cn2cnc3sc(-c4ccccc4)cc3c2=O)cc1. The number of fused-ring (bicyclic) bond motifs is 1. The van der Waals surface area contributed by atoms with E-state index >= 15 is 0 Å². The first kappa shape index (κ1) is 20.0. The van der Waals surface area contributed by atoms with Crippen LogP contribution in [0.15, 0.2) is 71.8 Å². The van der Waals surface area contributed by atoms with Crippen molar-refractivity contribution in [1.82, 2.24) is 9.55 Å². The number of thiophene rings is 1. The third kappa shape index (κ3) is 4.19. The summed E-state index contributed by atoms with van der Waals surface area (Å²) in [5.41, 5.74) is 2.78. The number of benzene rings is 2. The molecule has 0 unspecified atom stereocenters. The molecule has 0 aliphatic carbocycles. The van der Waals surface area contributed by atoms with Gasteiger partial charge in [-0.15, -0.1) is 11.3 Å². The van der Waals surface area contributed by atoms with Crippen molar-refractivity contribution in [3.63, 3.8) is 0 Å². The summed E-state index contributed by atoms with van der Waals surface area (Å²) in [7, 11) is 0. The maximum absolute atomic E-state index is 12.9. The van der Waals surface area contributed by atoms with Crippen molar-refractivity contribution in [2.24, 2.45) is 0 Å². The lowest BCUT2D eigenvalue weighted by Gasteiger charge is -2.19. The van der Waals surface area contributed by atoms with Gasteiger partial charge in [0.2, 0.25) is 5.91 Å². The van der Waals surface area contributed by atoms with Gasteiger partial charge in [0, 0.05) is 10.6 Å². The van der Waals surface area contributed by atoms with Crippen LogP contribution >= 0.6 is 11.3 Å². The topological polar surface area (TPSA) is 64.0 Å². The molecular weight excluding hydrogens is 394 g/mol. The highest BCUT2D eigenvalue weighted by atomic mass is 32.1. The second-order valence-corrected chi connectivity index (χ2v) is 9.28. The summed E-state index contributed by atoms with van der Waals surface area (Å²) in [4.78, 5) is 31.4. The molecule has 0 saturated carbocycles. The Labute approximate surface area is 179 Å². The van der Waals surface area contributed by atoms with Gasteiger partial charge in [-0.1, -0.05) is 63.2 Å². The summed E-state index contributed by atoms with van der Waals surface area (Å²) in [5.74, 6) is -0.264. The van der Waals surface area contributed by atoms with Gasteiger partial charge in [-0.25, -0.2) is 4.98 Å². The van der Waals surface area contributed by atoms with Crippen LogP contribution in [-0.4, -0.2) is 15.5 Å². The van der Waals surface area contributed by atoms with Crippen LogP contribution in [-0.2, 0) is 16.8 Å². The van der Waals surface area contributed by atoms with Crippen molar-refractivity contribution < 1.29 is 4.79 Å². The van der Waals surface area contributed by atoms with Crippen LogP contribution in [0.25, 0.3) is 20.7 Å². The molecule has 2 aromatic heterocycles. The molecule has 5 nitrogen and oxygen atoms in total. The molecule has 0 radical (unpaired) electrons. The summed E-state index contributed by atoms with van der Waals surface area (Å²) >= 11 is 1.47. The summed E-state index contributed by atoms with van der Waals surface area (Å²) in [6.07, 6.45) is 1.44. The van der Waals surface area contributed by atoms with Gasteiger partial charge in [-0.2, -0.15) is 0 Å². The van der Waals surface area contributed by atoms with E-state index in [9.17, 15) is 9.59 Å². The van der Waals surface area contributed by atoms with Crippen LogP contribution in [0.1, 0.15) is 26.3 Å². The number of hydrogen-bond acceptors (Lipinski definition) is 4. The van der Waals surface area contributed by atoms with Crippen molar-refractivity contribution in [2.45, 2.75) is 32.7 Å². The number of nitrogens with one attached hydrogen (secondary N) is 1. The molecule has 0 fully saturated rings. The molecule has 0 aliphatic heterocycles. The summed E-state index contributed by atoms with van der Waals surface area (Å²) in [5, 5.41) is 3.38. The Bertz CT molecular complexity index is 1250. The Morgan fingerprint density at radius 2 is 1.77 bits per heavy atom. The molecule has 0 spiro atoms. The number of rotatable bonds is 4. The van der Waals surface area contributed by atoms with Gasteiger partial charge in [-0.3, -0.25) is 14.2 Å². The van der Waals surface area contributed by atoms with E-state index in [0.29, 0.717) is 15.9 Å². The quantitative estimate of drug-likeness (QED) is 0.505. The number of carbonyl (C=O) groups excluding carboxylic acids is 1. The van der Waals surface area contributed by atoms with Crippen molar-refractivity contribution in [3.8, 4) is 10.4 Å². The van der Waals surface area contributed by atoms with E-state index in [1.54, 1.807) is 0 Å². The van der Waals surface area contributed by atoms with Gasteiger partial charge in [0.1, 0.15) is 11.4 Å². The molecule has 0 atom stereocenters. The van der Waals surface area contributed by atoms with E-state index in [-0.39, 0.29) is 23.4 Å². The highest BCUT2D eigenvalue weighted by Gasteiger charge is 2.14. The van der Waals surface area contributed by atoms with Crippen molar-refractivity contribution in [2.75, 3.05) is 5.32 Å². The maximum atomic E-state index is 12.9. The molecule has 2 heterocycles. The van der Waals surface area contributed by atoms with Gasteiger partial charge < -0.3 is 5.32 Å². The summed E-state index contributed by atoms with van der Waals surface area (Å²) in [6.45, 7) is 6.34. The normalized spacial score (nSPS) is 11.6. The van der Waals surface area contributed by atoms with Crippen molar-refractivity contribution >= 4 is 33.1 Å². The first-order valence-electron chi connectivity index (χ1n) is 9.76. The third-order valence-corrected chi connectivity index (χ3v) is 6.02. The highest BCUT2D eigenvalue weighted by molar-refractivity contribution is 7.21. The predicted octanol–water partition coefficient (Wildman–Crippen LogP) is 5.06. The standard InChI is InChI=1S/C24H23N3O2S/c1-24(2,3)17-9-11-18(12-10-17)26-21(28)14-27-15-25-22-19(23(27)29)13-20(30-22)16-7-5-4-6-8-16/h4-13,15H,14H2,1-3H3,(H,26,28). The van der Waals surface area contributed by atoms with Gasteiger partial charge >= 0.3 is 0 Å². The molecule has 0 saturated heterocycles. The minimum absolute atomic E-state index is 0.0517. The lowest BCUT2D eigenvalue weighted by molar-refractivity contribution is -0.116. The van der Waals surface area contributed by atoms with Crippen molar-refractivity contribution in [1.29, 1.82) is 0 Å². The number of aromatic nitrogens is 2. The first-order valence-corrected chi connectivity index (χ1v) is 10.6. The Morgan fingerprint density at radius 1 is 1.07 bits per heavy atom. The second kappa shape index (κ2) is 7.88. The zero-order valence-corrected chi connectivity index (χ0v) is 18.0. The smallest absolute Gasteiger partial charge is 0.262 e. The fraction of sp³-hybridized carbons (Fsp3) is 0.208. The Morgan fingerprint density at radius 3 is 2.43 bits per heavy atom. The van der Waals surface area contributed by atoms with E-state index in [2.05, 4.69) is 31.1 Å². The maximum Gasteiger partial charge on any atom is 0.262 e. The first-order chi connectivity index (χ1) is 14.3. The molecule has 30 heavy (non-hydrogen) atoms. The van der Waals surface area contributed by atoms with Crippen LogP contribution in [0.5, 0.6) is 0 Å². The average molecular weight is 418 g/mol. The minimum Gasteiger partial charge on any atom is -0.325 e. The van der Waals surface area contributed by atoms with Crippen LogP contribution in [0, 0.1) is 0 Å². The highest BCUT2D eigenvalue weighted by Crippen LogP contribution is 2.30. The van der Waals surface area contributed by atoms with Crippen LogP contribution < -0.4 is 10.9 Å². The van der Waals surface area contributed by atoms with E-state index in [4.69, 9.17) is 0 Å². The molecule has 1 amide bonds. The fourth-order valence-corrected chi connectivity index (χ4v) is 4.22. The van der Waals surface area contributed by atoms with Crippen LogP contribution in [0.2, 0.25) is 0 Å². The van der Waals surface area contributed by atoms with E-state index in [0.717, 1.165) is 10.4 Å². The Balaban J connectivity index is 1.53. The summed E-state index contributed by atoms with van der Waals surface area (Å²) in [6, 6.07) is 19.5. The van der Waals surface area contributed by atoms with E-state index < -0.39 is 0 Å². The number of nitrogens with zero attached hydrogens (tertiary/aromatic N) is 2. The molecule has 2 aromatic carbocycles. The predicted molar refractivity (Wildman–Crippen MR) is 123 cm³/mol. The minimum atomic E-state index is -0.264. The number of hydrogen-bond donors (Lipinski definition) is 1. The van der Waals surface area contributed by atoms with E-state index in [1.165, 1.54) is 27.8 Å². The lowest BCUT2D eigenvalue weighted by Crippen LogP contribution is -2.27.